The predicted molar refractivity (Wildman–Crippen MR) is 106 cm³/mol. The summed E-state index contributed by atoms with van der Waals surface area (Å²) in [4.78, 5) is 4.92. The van der Waals surface area contributed by atoms with Crippen LogP contribution in [0.4, 0.5) is 0 Å². The Morgan fingerprint density at radius 2 is 2.00 bits per heavy atom. The van der Waals surface area contributed by atoms with Crippen molar-refractivity contribution in [2.45, 2.75) is 66.7 Å². The third-order valence-electron chi connectivity index (χ3n) is 5.50. The van der Waals surface area contributed by atoms with Crippen LogP contribution in [0, 0.1) is 25.2 Å². The number of aromatic nitrogens is 2. The molecule has 1 aliphatic rings. The number of nitrogens with one attached hydrogen (secondary N) is 2. The Morgan fingerprint density at radius 1 is 1.28 bits per heavy atom. The summed E-state index contributed by atoms with van der Waals surface area (Å²) in [5.41, 5.74) is 4.19. The van der Waals surface area contributed by atoms with Crippen LogP contribution in [0.15, 0.2) is 4.99 Å². The van der Waals surface area contributed by atoms with Crippen LogP contribution in [0.2, 0.25) is 0 Å². The van der Waals surface area contributed by atoms with Crippen LogP contribution < -0.4 is 10.6 Å². The standard InChI is InChI=1S/C20H37N5/c1-7-21-19(23-14-20(10-8-11-20)13-15(2)3)22-12-9-18-16(4)24-25(6)17(18)5/h15H,7-14H2,1-6H3,(H2,21,22,23). The Kier molecular flexibility index (Phi) is 6.91. The first kappa shape index (κ1) is 19.8. The molecule has 5 nitrogen and oxygen atoms in total. The van der Waals surface area contributed by atoms with Gasteiger partial charge in [-0.05, 0) is 63.4 Å². The van der Waals surface area contributed by atoms with Gasteiger partial charge in [-0.2, -0.15) is 5.10 Å². The zero-order chi connectivity index (χ0) is 18.4. The van der Waals surface area contributed by atoms with E-state index in [0.29, 0.717) is 5.41 Å². The molecule has 0 aliphatic heterocycles. The lowest BCUT2D eigenvalue weighted by Crippen LogP contribution is -2.41. The minimum absolute atomic E-state index is 0.451. The Bertz CT molecular complexity index is 581. The monoisotopic (exact) mass is 347 g/mol. The fraction of sp³-hybridized carbons (Fsp3) is 0.800. The van der Waals surface area contributed by atoms with E-state index in [0.717, 1.165) is 43.6 Å². The minimum Gasteiger partial charge on any atom is -0.357 e. The van der Waals surface area contributed by atoms with E-state index >= 15 is 0 Å². The molecule has 5 heteroatoms. The van der Waals surface area contributed by atoms with E-state index in [2.05, 4.69) is 50.4 Å². The van der Waals surface area contributed by atoms with Gasteiger partial charge in [-0.3, -0.25) is 9.67 Å². The second-order valence-electron chi connectivity index (χ2n) is 8.10. The minimum atomic E-state index is 0.451. The zero-order valence-corrected chi connectivity index (χ0v) is 17.1. The highest BCUT2D eigenvalue weighted by atomic mass is 15.3. The van der Waals surface area contributed by atoms with Crippen LogP contribution in [-0.2, 0) is 13.5 Å². The zero-order valence-electron chi connectivity index (χ0n) is 17.1. The average molecular weight is 348 g/mol. The second-order valence-corrected chi connectivity index (χ2v) is 8.10. The first-order chi connectivity index (χ1) is 11.9. The molecule has 0 amide bonds. The molecule has 2 N–H and O–H groups in total. The molecule has 1 saturated carbocycles. The topological polar surface area (TPSA) is 54.2 Å². The van der Waals surface area contributed by atoms with Crippen molar-refractivity contribution in [1.29, 1.82) is 0 Å². The van der Waals surface area contributed by atoms with Gasteiger partial charge in [-0.25, -0.2) is 0 Å². The Hall–Kier alpha value is -1.52. The summed E-state index contributed by atoms with van der Waals surface area (Å²) in [7, 11) is 2.01. The summed E-state index contributed by atoms with van der Waals surface area (Å²) in [6, 6.07) is 0. The molecule has 1 heterocycles. The summed E-state index contributed by atoms with van der Waals surface area (Å²) in [6.07, 6.45) is 6.31. The highest BCUT2D eigenvalue weighted by molar-refractivity contribution is 5.79. The van der Waals surface area contributed by atoms with Crippen molar-refractivity contribution in [3.8, 4) is 0 Å². The highest BCUT2D eigenvalue weighted by Crippen LogP contribution is 2.46. The van der Waals surface area contributed by atoms with Gasteiger partial charge in [0.2, 0.25) is 0 Å². The third kappa shape index (κ3) is 5.23. The molecular weight excluding hydrogens is 310 g/mol. The molecule has 1 aliphatic carbocycles. The largest absolute Gasteiger partial charge is 0.357 e. The Balaban J connectivity index is 1.91. The average Bonchev–Trinajstić information content (AvgIpc) is 2.75. The number of rotatable bonds is 8. The molecule has 0 unspecified atom stereocenters. The van der Waals surface area contributed by atoms with Gasteiger partial charge in [0, 0.05) is 32.4 Å². The molecule has 25 heavy (non-hydrogen) atoms. The summed E-state index contributed by atoms with van der Waals surface area (Å²) in [5, 5.41) is 11.4. The number of guanidine groups is 1. The first-order valence-corrected chi connectivity index (χ1v) is 9.88. The summed E-state index contributed by atoms with van der Waals surface area (Å²) in [5.74, 6) is 1.71. The van der Waals surface area contributed by atoms with Crippen molar-refractivity contribution >= 4 is 5.96 Å². The number of aryl methyl sites for hydroxylation is 2. The molecule has 1 fully saturated rings. The van der Waals surface area contributed by atoms with Crippen molar-refractivity contribution in [3.05, 3.63) is 17.0 Å². The van der Waals surface area contributed by atoms with Gasteiger partial charge in [0.1, 0.15) is 0 Å². The quantitative estimate of drug-likeness (QED) is 0.560. The molecule has 0 bridgehead atoms. The van der Waals surface area contributed by atoms with Gasteiger partial charge in [0.15, 0.2) is 5.96 Å². The molecule has 142 valence electrons. The second kappa shape index (κ2) is 8.72. The molecule has 1 aromatic heterocycles. The number of hydrogen-bond acceptors (Lipinski definition) is 2. The Morgan fingerprint density at radius 3 is 2.48 bits per heavy atom. The lowest BCUT2D eigenvalue weighted by atomic mass is 9.64. The first-order valence-electron chi connectivity index (χ1n) is 9.88. The van der Waals surface area contributed by atoms with Gasteiger partial charge < -0.3 is 10.6 Å². The van der Waals surface area contributed by atoms with Gasteiger partial charge in [-0.15, -0.1) is 0 Å². The molecule has 2 rings (SSSR count). The van der Waals surface area contributed by atoms with E-state index in [1.165, 1.54) is 36.9 Å². The predicted octanol–water partition coefficient (Wildman–Crippen LogP) is 3.35. The molecule has 0 saturated heterocycles. The van der Waals surface area contributed by atoms with E-state index in [-0.39, 0.29) is 0 Å². The molecule has 0 atom stereocenters. The van der Waals surface area contributed by atoms with E-state index in [4.69, 9.17) is 4.99 Å². The molecule has 1 aromatic rings. The smallest absolute Gasteiger partial charge is 0.191 e. The van der Waals surface area contributed by atoms with E-state index in [9.17, 15) is 0 Å². The number of aliphatic imine (C=N–C) groups is 1. The fourth-order valence-corrected chi connectivity index (χ4v) is 4.04. The number of nitrogens with zero attached hydrogens (tertiary/aromatic N) is 3. The Labute approximate surface area is 153 Å². The van der Waals surface area contributed by atoms with Crippen molar-refractivity contribution in [1.82, 2.24) is 20.4 Å². The van der Waals surface area contributed by atoms with Crippen LogP contribution >= 0.6 is 0 Å². The highest BCUT2D eigenvalue weighted by Gasteiger charge is 2.37. The van der Waals surface area contributed by atoms with Crippen molar-refractivity contribution in [3.63, 3.8) is 0 Å². The van der Waals surface area contributed by atoms with Crippen LogP contribution in [0.25, 0.3) is 0 Å². The molecule has 0 aromatic carbocycles. The molecule has 0 spiro atoms. The lowest BCUT2D eigenvalue weighted by Gasteiger charge is -2.42. The fourth-order valence-electron chi connectivity index (χ4n) is 4.04. The summed E-state index contributed by atoms with van der Waals surface area (Å²) >= 11 is 0. The normalized spacial score (nSPS) is 16.8. The maximum Gasteiger partial charge on any atom is 0.191 e. The van der Waals surface area contributed by atoms with Gasteiger partial charge in [-0.1, -0.05) is 20.3 Å². The molecular formula is C20H37N5. The van der Waals surface area contributed by atoms with Crippen LogP contribution in [0.5, 0.6) is 0 Å². The van der Waals surface area contributed by atoms with Gasteiger partial charge in [0.25, 0.3) is 0 Å². The van der Waals surface area contributed by atoms with Crippen molar-refractivity contribution in [2.24, 2.45) is 23.4 Å². The van der Waals surface area contributed by atoms with Crippen LogP contribution in [0.3, 0.4) is 0 Å². The van der Waals surface area contributed by atoms with Gasteiger partial charge in [0.05, 0.1) is 5.69 Å². The lowest BCUT2D eigenvalue weighted by molar-refractivity contribution is 0.111. The summed E-state index contributed by atoms with van der Waals surface area (Å²) in [6.45, 7) is 13.7. The maximum absolute atomic E-state index is 4.92. The van der Waals surface area contributed by atoms with E-state index in [1.807, 2.05) is 11.7 Å². The van der Waals surface area contributed by atoms with Crippen molar-refractivity contribution < 1.29 is 0 Å². The third-order valence-corrected chi connectivity index (χ3v) is 5.50. The van der Waals surface area contributed by atoms with Crippen LogP contribution in [0.1, 0.15) is 63.4 Å². The molecule has 0 radical (unpaired) electrons. The summed E-state index contributed by atoms with van der Waals surface area (Å²) < 4.78 is 1.97. The SMILES string of the molecule is CCNC(=NCC1(CC(C)C)CCC1)NCCc1c(C)nn(C)c1C. The van der Waals surface area contributed by atoms with Gasteiger partial charge >= 0.3 is 0 Å². The number of hydrogen-bond donors (Lipinski definition) is 2. The van der Waals surface area contributed by atoms with Crippen LogP contribution in [-0.4, -0.2) is 35.4 Å². The maximum atomic E-state index is 4.92. The van der Waals surface area contributed by atoms with E-state index in [1.54, 1.807) is 0 Å². The van der Waals surface area contributed by atoms with E-state index < -0.39 is 0 Å². The van der Waals surface area contributed by atoms with Crippen molar-refractivity contribution in [2.75, 3.05) is 19.6 Å².